The molecular formula is C21H35IN4O3. The van der Waals surface area contributed by atoms with Crippen LogP contribution in [0.1, 0.15) is 24.4 Å². The summed E-state index contributed by atoms with van der Waals surface area (Å²) in [6, 6.07) is 8.49. The third kappa shape index (κ3) is 6.44. The molecule has 29 heavy (non-hydrogen) atoms. The molecule has 1 aromatic rings. The van der Waals surface area contributed by atoms with Gasteiger partial charge in [-0.25, -0.2) is 0 Å². The molecule has 0 aliphatic carbocycles. The van der Waals surface area contributed by atoms with Gasteiger partial charge >= 0.3 is 0 Å². The molecular weight excluding hydrogens is 483 g/mol. The Hall–Kier alpha value is -1.10. The molecule has 1 aromatic carbocycles. The maximum atomic E-state index is 5.97. The van der Waals surface area contributed by atoms with E-state index < -0.39 is 0 Å². The van der Waals surface area contributed by atoms with Crippen molar-refractivity contribution in [2.45, 2.75) is 31.1 Å². The van der Waals surface area contributed by atoms with E-state index in [9.17, 15) is 0 Å². The largest absolute Gasteiger partial charge is 0.497 e. The second kappa shape index (κ2) is 11.9. The summed E-state index contributed by atoms with van der Waals surface area (Å²) in [5.74, 6) is 1.80. The molecule has 8 heteroatoms. The van der Waals surface area contributed by atoms with Crippen molar-refractivity contribution in [2.24, 2.45) is 4.99 Å². The topological polar surface area (TPSA) is 58.6 Å². The van der Waals surface area contributed by atoms with Crippen molar-refractivity contribution in [1.29, 1.82) is 0 Å². The van der Waals surface area contributed by atoms with Crippen molar-refractivity contribution in [1.82, 2.24) is 15.1 Å². The van der Waals surface area contributed by atoms with Crippen molar-refractivity contribution < 1.29 is 14.2 Å². The third-order valence-electron chi connectivity index (χ3n) is 5.56. The minimum absolute atomic E-state index is 0. The molecule has 2 fully saturated rings. The van der Waals surface area contributed by atoms with Crippen LogP contribution in [0, 0.1) is 0 Å². The number of ether oxygens (including phenoxy) is 3. The Bertz CT molecular complexity index is 635. The Labute approximate surface area is 191 Å². The Morgan fingerprint density at radius 3 is 2.55 bits per heavy atom. The monoisotopic (exact) mass is 518 g/mol. The molecule has 3 rings (SSSR count). The SMILES string of the molecule is CN=C(NCC(c1ccc(OC)cc1)N(C)C)N1CCOC(C2CCCO2)C1.I. The first kappa shape index (κ1) is 24.2. The minimum atomic E-state index is 0. The van der Waals surface area contributed by atoms with E-state index in [1.54, 1.807) is 7.11 Å². The second-order valence-corrected chi connectivity index (χ2v) is 7.59. The standard InChI is InChI=1S/C21H34N4O3.HI/c1-22-21(25-11-13-28-20(15-25)19-6-5-12-27-19)23-14-18(24(2)3)16-7-9-17(26-4)10-8-16;/h7-10,18-20H,5-6,11-15H2,1-4H3,(H,22,23);1H. The number of methoxy groups -OCH3 is 1. The van der Waals surface area contributed by atoms with Crippen LogP contribution in [0.5, 0.6) is 5.75 Å². The lowest BCUT2D eigenvalue weighted by molar-refractivity contribution is -0.0817. The number of halogens is 1. The third-order valence-corrected chi connectivity index (χ3v) is 5.56. The minimum Gasteiger partial charge on any atom is -0.497 e. The zero-order chi connectivity index (χ0) is 19.9. The summed E-state index contributed by atoms with van der Waals surface area (Å²) in [6.07, 6.45) is 2.56. The first-order valence-electron chi connectivity index (χ1n) is 10.1. The van der Waals surface area contributed by atoms with Gasteiger partial charge in [-0.15, -0.1) is 24.0 Å². The number of aliphatic imine (C=N–C) groups is 1. The molecule has 0 amide bonds. The van der Waals surface area contributed by atoms with Crippen LogP contribution in [0.2, 0.25) is 0 Å². The maximum absolute atomic E-state index is 5.97. The van der Waals surface area contributed by atoms with Crippen molar-refractivity contribution in [3.05, 3.63) is 29.8 Å². The van der Waals surface area contributed by atoms with Crippen LogP contribution in [0.4, 0.5) is 0 Å². The lowest BCUT2D eigenvalue weighted by Gasteiger charge is -2.37. The molecule has 0 saturated carbocycles. The lowest BCUT2D eigenvalue weighted by Crippen LogP contribution is -2.54. The molecule has 3 atom stereocenters. The Morgan fingerprint density at radius 2 is 1.97 bits per heavy atom. The van der Waals surface area contributed by atoms with Crippen molar-refractivity contribution in [3.8, 4) is 5.75 Å². The Morgan fingerprint density at radius 1 is 1.24 bits per heavy atom. The van der Waals surface area contributed by atoms with Gasteiger partial charge in [-0.3, -0.25) is 4.99 Å². The quantitative estimate of drug-likeness (QED) is 0.355. The summed E-state index contributed by atoms with van der Waals surface area (Å²) in [5, 5.41) is 3.57. The van der Waals surface area contributed by atoms with E-state index in [2.05, 4.69) is 46.3 Å². The summed E-state index contributed by atoms with van der Waals surface area (Å²) in [5.41, 5.74) is 1.24. The van der Waals surface area contributed by atoms with E-state index in [4.69, 9.17) is 14.2 Å². The van der Waals surface area contributed by atoms with E-state index in [1.807, 2.05) is 19.2 Å². The number of nitrogens with zero attached hydrogens (tertiary/aromatic N) is 3. The van der Waals surface area contributed by atoms with Gasteiger partial charge < -0.3 is 29.3 Å². The number of likely N-dealkylation sites (N-methyl/N-ethyl adjacent to an activating group) is 1. The zero-order valence-corrected chi connectivity index (χ0v) is 20.3. The highest BCUT2D eigenvalue weighted by molar-refractivity contribution is 14.0. The number of hydrogen-bond donors (Lipinski definition) is 1. The average Bonchev–Trinajstić information content (AvgIpc) is 3.26. The molecule has 0 bridgehead atoms. The fraction of sp³-hybridized carbons (Fsp3) is 0.667. The van der Waals surface area contributed by atoms with E-state index in [0.29, 0.717) is 6.61 Å². The van der Waals surface area contributed by atoms with Crippen LogP contribution in [0.15, 0.2) is 29.3 Å². The van der Waals surface area contributed by atoms with Gasteiger partial charge in [-0.1, -0.05) is 12.1 Å². The Balaban J connectivity index is 0.00000300. The highest BCUT2D eigenvalue weighted by Crippen LogP contribution is 2.22. The summed E-state index contributed by atoms with van der Waals surface area (Å²) in [7, 11) is 7.73. The van der Waals surface area contributed by atoms with E-state index in [-0.39, 0.29) is 42.2 Å². The van der Waals surface area contributed by atoms with Gasteiger partial charge in [-0.05, 0) is 44.6 Å². The van der Waals surface area contributed by atoms with Gasteiger partial charge in [0.2, 0.25) is 0 Å². The van der Waals surface area contributed by atoms with Crippen LogP contribution in [0.25, 0.3) is 0 Å². The van der Waals surface area contributed by atoms with E-state index >= 15 is 0 Å². The maximum Gasteiger partial charge on any atom is 0.193 e. The van der Waals surface area contributed by atoms with E-state index in [0.717, 1.165) is 50.8 Å². The summed E-state index contributed by atoms with van der Waals surface area (Å²) in [6.45, 7) is 4.00. The molecule has 3 unspecified atom stereocenters. The average molecular weight is 518 g/mol. The molecule has 2 saturated heterocycles. The number of morpholine rings is 1. The molecule has 0 aromatic heterocycles. The predicted octanol–water partition coefficient (Wildman–Crippen LogP) is 2.37. The molecule has 0 spiro atoms. The van der Waals surface area contributed by atoms with Gasteiger partial charge in [-0.2, -0.15) is 0 Å². The summed E-state index contributed by atoms with van der Waals surface area (Å²) < 4.78 is 17.1. The second-order valence-electron chi connectivity index (χ2n) is 7.59. The van der Waals surface area contributed by atoms with Crippen LogP contribution in [-0.2, 0) is 9.47 Å². The molecule has 1 N–H and O–H groups in total. The molecule has 164 valence electrons. The first-order chi connectivity index (χ1) is 13.6. The van der Waals surface area contributed by atoms with Crippen LogP contribution in [0.3, 0.4) is 0 Å². The highest BCUT2D eigenvalue weighted by Gasteiger charge is 2.32. The highest BCUT2D eigenvalue weighted by atomic mass is 127. The number of benzene rings is 1. The van der Waals surface area contributed by atoms with Gasteiger partial charge in [0.25, 0.3) is 0 Å². The molecule has 2 aliphatic rings. The zero-order valence-electron chi connectivity index (χ0n) is 18.0. The smallest absolute Gasteiger partial charge is 0.193 e. The van der Waals surface area contributed by atoms with Gasteiger partial charge in [0.05, 0.1) is 25.9 Å². The van der Waals surface area contributed by atoms with Crippen molar-refractivity contribution in [3.63, 3.8) is 0 Å². The van der Waals surface area contributed by atoms with Gasteiger partial charge in [0.1, 0.15) is 11.9 Å². The number of nitrogens with one attached hydrogen (secondary N) is 1. The predicted molar refractivity (Wildman–Crippen MR) is 126 cm³/mol. The lowest BCUT2D eigenvalue weighted by atomic mass is 10.1. The normalized spacial score (nSPS) is 23.6. The fourth-order valence-electron chi connectivity index (χ4n) is 3.93. The fourth-order valence-corrected chi connectivity index (χ4v) is 3.93. The summed E-state index contributed by atoms with van der Waals surface area (Å²) >= 11 is 0. The van der Waals surface area contributed by atoms with E-state index in [1.165, 1.54) is 5.56 Å². The van der Waals surface area contributed by atoms with Gasteiger partial charge in [0.15, 0.2) is 5.96 Å². The van der Waals surface area contributed by atoms with Crippen molar-refractivity contribution >= 4 is 29.9 Å². The molecule has 2 heterocycles. The van der Waals surface area contributed by atoms with Crippen LogP contribution in [-0.4, -0.2) is 89.1 Å². The number of hydrogen-bond acceptors (Lipinski definition) is 5. The first-order valence-corrected chi connectivity index (χ1v) is 10.1. The molecule has 0 radical (unpaired) electrons. The van der Waals surface area contributed by atoms with Crippen molar-refractivity contribution in [2.75, 3.05) is 61.1 Å². The van der Waals surface area contributed by atoms with Crippen LogP contribution < -0.4 is 10.1 Å². The number of rotatable bonds is 6. The number of guanidine groups is 1. The Kier molecular flexibility index (Phi) is 9.94. The summed E-state index contributed by atoms with van der Waals surface area (Å²) in [4.78, 5) is 9.03. The molecule has 7 nitrogen and oxygen atoms in total. The molecule has 2 aliphatic heterocycles. The van der Waals surface area contributed by atoms with Gasteiger partial charge in [0, 0.05) is 33.3 Å². The van der Waals surface area contributed by atoms with Crippen LogP contribution >= 0.6 is 24.0 Å².